The topological polar surface area (TPSA) is 46.2 Å². The molecule has 16 heavy (non-hydrogen) atoms. The lowest BCUT2D eigenvalue weighted by Gasteiger charge is -2.15. The molecule has 2 nitrogen and oxygen atoms in total. The van der Waals surface area contributed by atoms with E-state index < -0.39 is 6.10 Å². The Labute approximate surface area is 99.6 Å². The highest BCUT2D eigenvalue weighted by molar-refractivity contribution is 6.31. The summed E-state index contributed by atoms with van der Waals surface area (Å²) in [6.45, 7) is 1.79. The van der Waals surface area contributed by atoms with E-state index in [1.807, 2.05) is 36.4 Å². The van der Waals surface area contributed by atoms with Gasteiger partial charge < -0.3 is 10.8 Å². The van der Waals surface area contributed by atoms with Gasteiger partial charge in [0, 0.05) is 11.1 Å². The van der Waals surface area contributed by atoms with E-state index in [-0.39, 0.29) is 6.04 Å². The van der Waals surface area contributed by atoms with E-state index in [4.69, 9.17) is 17.3 Å². The first-order valence-corrected chi connectivity index (χ1v) is 5.58. The Morgan fingerprint density at radius 2 is 1.75 bits per heavy atom. The van der Waals surface area contributed by atoms with Crippen molar-refractivity contribution in [3.8, 4) is 0 Å². The molecule has 2 aromatic carbocycles. The Bertz CT molecular complexity index is 510. The molecule has 84 valence electrons. The van der Waals surface area contributed by atoms with Crippen molar-refractivity contribution in [2.24, 2.45) is 5.73 Å². The maximum Gasteiger partial charge on any atom is 0.0938 e. The van der Waals surface area contributed by atoms with Crippen LogP contribution in [0.3, 0.4) is 0 Å². The first kappa shape index (κ1) is 11.4. The van der Waals surface area contributed by atoms with Crippen LogP contribution in [0.5, 0.6) is 0 Å². The van der Waals surface area contributed by atoms with Crippen LogP contribution in [0.25, 0.3) is 10.8 Å². The summed E-state index contributed by atoms with van der Waals surface area (Å²) in [7, 11) is 0. The minimum absolute atomic E-state index is 0.273. The summed E-state index contributed by atoms with van der Waals surface area (Å²) < 4.78 is 0. The molecule has 3 N–H and O–H groups in total. The third-order valence-electron chi connectivity index (χ3n) is 2.67. The second kappa shape index (κ2) is 4.42. The van der Waals surface area contributed by atoms with Gasteiger partial charge in [0.2, 0.25) is 0 Å². The quantitative estimate of drug-likeness (QED) is 0.841. The molecule has 0 aliphatic rings. The molecular weight excluding hydrogens is 222 g/mol. The highest BCUT2D eigenvalue weighted by atomic mass is 35.5. The van der Waals surface area contributed by atoms with Crippen molar-refractivity contribution < 1.29 is 5.11 Å². The maximum absolute atomic E-state index is 9.86. The van der Waals surface area contributed by atoms with E-state index >= 15 is 0 Å². The predicted octanol–water partition coefficient (Wildman–Crippen LogP) is 2.87. The fourth-order valence-electron chi connectivity index (χ4n) is 1.72. The molecule has 0 aliphatic carbocycles. The smallest absolute Gasteiger partial charge is 0.0938 e. The fraction of sp³-hybridized carbons (Fsp3) is 0.231. The standard InChI is InChI=1S/C13H14ClNO/c1-8(15)13(16)11-3-2-10-7-12(14)5-4-9(10)6-11/h2-8,13,16H,15H2,1H3/t8-,13-/m1/s1. The number of fused-ring (bicyclic) bond motifs is 1. The van der Waals surface area contributed by atoms with Crippen molar-refractivity contribution in [1.29, 1.82) is 0 Å². The summed E-state index contributed by atoms with van der Waals surface area (Å²) in [5.74, 6) is 0. The highest BCUT2D eigenvalue weighted by Crippen LogP contribution is 2.24. The van der Waals surface area contributed by atoms with Gasteiger partial charge in [-0.3, -0.25) is 0 Å². The number of aliphatic hydroxyl groups excluding tert-OH is 1. The minimum atomic E-state index is -0.625. The molecule has 0 spiro atoms. The Morgan fingerprint density at radius 1 is 1.12 bits per heavy atom. The minimum Gasteiger partial charge on any atom is -0.387 e. The predicted molar refractivity (Wildman–Crippen MR) is 67.6 cm³/mol. The molecule has 0 fully saturated rings. The number of rotatable bonds is 2. The highest BCUT2D eigenvalue weighted by Gasteiger charge is 2.12. The normalized spacial score (nSPS) is 15.0. The van der Waals surface area contributed by atoms with E-state index in [9.17, 15) is 5.11 Å². The van der Waals surface area contributed by atoms with Gasteiger partial charge in [0.25, 0.3) is 0 Å². The number of halogens is 1. The number of benzene rings is 2. The third kappa shape index (κ3) is 2.19. The first-order valence-electron chi connectivity index (χ1n) is 5.21. The lowest BCUT2D eigenvalue weighted by atomic mass is 10.0. The monoisotopic (exact) mass is 235 g/mol. The second-order valence-corrected chi connectivity index (χ2v) is 4.49. The van der Waals surface area contributed by atoms with Crippen LogP contribution in [-0.2, 0) is 0 Å². The Kier molecular flexibility index (Phi) is 3.15. The largest absolute Gasteiger partial charge is 0.387 e. The SMILES string of the molecule is C[C@@H](N)[C@@H](O)c1ccc2cc(Cl)ccc2c1. The van der Waals surface area contributed by atoms with Crippen LogP contribution < -0.4 is 5.73 Å². The van der Waals surface area contributed by atoms with Gasteiger partial charge in [0.05, 0.1) is 6.10 Å². The number of aliphatic hydroxyl groups is 1. The summed E-state index contributed by atoms with van der Waals surface area (Å²) in [5.41, 5.74) is 6.50. The van der Waals surface area contributed by atoms with Gasteiger partial charge in [-0.25, -0.2) is 0 Å². The fourth-order valence-corrected chi connectivity index (χ4v) is 1.90. The summed E-state index contributed by atoms with van der Waals surface area (Å²) in [4.78, 5) is 0. The maximum atomic E-state index is 9.86. The molecule has 0 saturated carbocycles. The average Bonchev–Trinajstić information content (AvgIpc) is 2.27. The van der Waals surface area contributed by atoms with Crippen LogP contribution in [-0.4, -0.2) is 11.1 Å². The van der Waals surface area contributed by atoms with E-state index in [1.165, 1.54) is 0 Å². The third-order valence-corrected chi connectivity index (χ3v) is 2.90. The van der Waals surface area contributed by atoms with Gasteiger partial charge in [-0.1, -0.05) is 29.8 Å². The van der Waals surface area contributed by atoms with E-state index in [1.54, 1.807) is 6.92 Å². The van der Waals surface area contributed by atoms with Crippen molar-refractivity contribution in [2.45, 2.75) is 19.1 Å². The van der Waals surface area contributed by atoms with Crippen LogP contribution in [0.4, 0.5) is 0 Å². The molecule has 0 unspecified atom stereocenters. The molecule has 0 aromatic heterocycles. The van der Waals surface area contributed by atoms with Crippen LogP contribution in [0.2, 0.25) is 5.02 Å². The van der Waals surface area contributed by atoms with Crippen LogP contribution >= 0.6 is 11.6 Å². The molecule has 0 amide bonds. The first-order chi connectivity index (χ1) is 7.58. The zero-order chi connectivity index (χ0) is 11.7. The van der Waals surface area contributed by atoms with Gasteiger partial charge in [-0.2, -0.15) is 0 Å². The van der Waals surface area contributed by atoms with Crippen LogP contribution in [0.1, 0.15) is 18.6 Å². The van der Waals surface area contributed by atoms with E-state index in [0.717, 1.165) is 16.3 Å². The zero-order valence-corrected chi connectivity index (χ0v) is 9.78. The van der Waals surface area contributed by atoms with Crippen molar-refractivity contribution in [1.82, 2.24) is 0 Å². The van der Waals surface area contributed by atoms with Crippen LogP contribution in [0, 0.1) is 0 Å². The van der Waals surface area contributed by atoms with Crippen molar-refractivity contribution in [3.63, 3.8) is 0 Å². The van der Waals surface area contributed by atoms with Gasteiger partial charge in [0.1, 0.15) is 0 Å². The molecular formula is C13H14ClNO. The molecule has 0 bridgehead atoms. The average molecular weight is 236 g/mol. The molecule has 0 aliphatic heterocycles. The molecule has 0 saturated heterocycles. The summed E-state index contributed by atoms with van der Waals surface area (Å²) in [5, 5.41) is 12.7. The molecule has 2 atom stereocenters. The van der Waals surface area contributed by atoms with E-state index in [2.05, 4.69) is 0 Å². The lowest BCUT2D eigenvalue weighted by Crippen LogP contribution is -2.24. The second-order valence-electron chi connectivity index (χ2n) is 4.05. The lowest BCUT2D eigenvalue weighted by molar-refractivity contribution is 0.153. The van der Waals surface area contributed by atoms with Gasteiger partial charge in [0.15, 0.2) is 0 Å². The number of hydrogen-bond donors (Lipinski definition) is 2. The van der Waals surface area contributed by atoms with E-state index in [0.29, 0.717) is 5.02 Å². The summed E-state index contributed by atoms with van der Waals surface area (Å²) in [6, 6.07) is 11.2. The summed E-state index contributed by atoms with van der Waals surface area (Å²) in [6.07, 6.45) is -0.625. The Morgan fingerprint density at radius 3 is 2.44 bits per heavy atom. The van der Waals surface area contributed by atoms with Crippen LogP contribution in [0.15, 0.2) is 36.4 Å². The molecule has 0 heterocycles. The van der Waals surface area contributed by atoms with Crippen molar-refractivity contribution in [3.05, 3.63) is 47.0 Å². The summed E-state index contributed by atoms with van der Waals surface area (Å²) >= 11 is 5.90. The molecule has 0 radical (unpaired) electrons. The Hall–Kier alpha value is -1.09. The molecule has 2 rings (SSSR count). The van der Waals surface area contributed by atoms with Gasteiger partial charge in [-0.15, -0.1) is 0 Å². The zero-order valence-electron chi connectivity index (χ0n) is 9.02. The number of hydrogen-bond acceptors (Lipinski definition) is 2. The van der Waals surface area contributed by atoms with Crippen molar-refractivity contribution in [2.75, 3.05) is 0 Å². The number of nitrogens with two attached hydrogens (primary N) is 1. The van der Waals surface area contributed by atoms with Gasteiger partial charge in [-0.05, 0) is 41.5 Å². The molecule has 3 heteroatoms. The van der Waals surface area contributed by atoms with Gasteiger partial charge >= 0.3 is 0 Å². The Balaban J connectivity index is 2.48. The van der Waals surface area contributed by atoms with Crippen molar-refractivity contribution >= 4 is 22.4 Å². The molecule has 2 aromatic rings.